The lowest BCUT2D eigenvalue weighted by molar-refractivity contribution is -0.0209. The molecule has 2 unspecified atom stereocenters. The monoisotopic (exact) mass is 240 g/mol. The molecule has 3 heteroatoms. The standard InChI is InChI=1S/C14H28N2O/c1-2-13-5-3-4-6-14(13)17-12-11-16-9-7-15-8-10-16/h13-15H,2-12H2,1H3. The number of nitrogens with zero attached hydrogens (tertiary/aromatic N) is 1. The van der Waals surface area contributed by atoms with Crippen LogP contribution in [0.1, 0.15) is 39.0 Å². The van der Waals surface area contributed by atoms with Crippen molar-refractivity contribution in [1.29, 1.82) is 0 Å². The van der Waals surface area contributed by atoms with Gasteiger partial charge in [-0.1, -0.05) is 26.2 Å². The summed E-state index contributed by atoms with van der Waals surface area (Å²) in [5, 5.41) is 3.39. The summed E-state index contributed by atoms with van der Waals surface area (Å²) in [5.41, 5.74) is 0. The molecule has 1 saturated heterocycles. The van der Waals surface area contributed by atoms with Crippen molar-refractivity contribution >= 4 is 0 Å². The smallest absolute Gasteiger partial charge is 0.0603 e. The summed E-state index contributed by atoms with van der Waals surface area (Å²) in [7, 11) is 0. The first-order valence-electron chi connectivity index (χ1n) is 7.45. The molecular formula is C14H28N2O. The van der Waals surface area contributed by atoms with Gasteiger partial charge < -0.3 is 10.1 Å². The van der Waals surface area contributed by atoms with Crippen molar-refractivity contribution in [1.82, 2.24) is 10.2 Å². The molecule has 1 aliphatic heterocycles. The van der Waals surface area contributed by atoms with Crippen LogP contribution in [0, 0.1) is 5.92 Å². The predicted molar refractivity (Wildman–Crippen MR) is 71.3 cm³/mol. The van der Waals surface area contributed by atoms with Crippen molar-refractivity contribution < 1.29 is 4.74 Å². The van der Waals surface area contributed by atoms with Crippen LogP contribution >= 0.6 is 0 Å². The SMILES string of the molecule is CCC1CCCCC1OCCN1CCNCC1. The van der Waals surface area contributed by atoms with Crippen LogP contribution in [-0.4, -0.2) is 50.3 Å². The maximum atomic E-state index is 6.13. The van der Waals surface area contributed by atoms with Crippen LogP contribution in [0.4, 0.5) is 0 Å². The molecule has 2 aliphatic rings. The van der Waals surface area contributed by atoms with E-state index in [1.807, 2.05) is 0 Å². The summed E-state index contributed by atoms with van der Waals surface area (Å²) in [6.07, 6.45) is 7.30. The summed E-state index contributed by atoms with van der Waals surface area (Å²) in [5.74, 6) is 0.826. The van der Waals surface area contributed by atoms with Gasteiger partial charge in [0.25, 0.3) is 0 Å². The number of hydrogen-bond acceptors (Lipinski definition) is 3. The van der Waals surface area contributed by atoms with Crippen LogP contribution in [0.3, 0.4) is 0 Å². The molecule has 0 aromatic heterocycles. The minimum absolute atomic E-state index is 0.552. The van der Waals surface area contributed by atoms with Gasteiger partial charge in [-0.15, -0.1) is 0 Å². The van der Waals surface area contributed by atoms with Gasteiger partial charge in [0, 0.05) is 32.7 Å². The van der Waals surface area contributed by atoms with Gasteiger partial charge >= 0.3 is 0 Å². The quantitative estimate of drug-likeness (QED) is 0.794. The fraction of sp³-hybridized carbons (Fsp3) is 1.00. The van der Waals surface area contributed by atoms with E-state index >= 15 is 0 Å². The summed E-state index contributed by atoms with van der Waals surface area (Å²) >= 11 is 0. The first kappa shape index (κ1) is 13.3. The van der Waals surface area contributed by atoms with Crippen molar-refractivity contribution in [2.24, 2.45) is 5.92 Å². The summed E-state index contributed by atoms with van der Waals surface area (Å²) in [6.45, 7) is 9.01. The molecule has 0 spiro atoms. The molecule has 2 fully saturated rings. The molecule has 0 amide bonds. The van der Waals surface area contributed by atoms with Crippen LogP contribution in [0.15, 0.2) is 0 Å². The van der Waals surface area contributed by atoms with Crippen molar-refractivity contribution in [3.63, 3.8) is 0 Å². The molecule has 3 nitrogen and oxygen atoms in total. The minimum Gasteiger partial charge on any atom is -0.377 e. The first-order valence-corrected chi connectivity index (χ1v) is 7.45. The molecule has 2 atom stereocenters. The Hall–Kier alpha value is -0.120. The number of nitrogens with one attached hydrogen (secondary N) is 1. The van der Waals surface area contributed by atoms with E-state index in [2.05, 4.69) is 17.1 Å². The van der Waals surface area contributed by atoms with E-state index in [0.717, 1.165) is 32.2 Å². The zero-order valence-corrected chi connectivity index (χ0v) is 11.3. The highest BCUT2D eigenvalue weighted by Crippen LogP contribution is 2.28. The molecule has 1 heterocycles. The first-order chi connectivity index (χ1) is 8.40. The molecule has 17 heavy (non-hydrogen) atoms. The second-order valence-electron chi connectivity index (χ2n) is 5.45. The van der Waals surface area contributed by atoms with Crippen LogP contribution in [0.5, 0.6) is 0 Å². The molecule has 1 N–H and O–H groups in total. The lowest BCUT2D eigenvalue weighted by Gasteiger charge is -2.32. The van der Waals surface area contributed by atoms with Crippen molar-refractivity contribution in [3.05, 3.63) is 0 Å². The van der Waals surface area contributed by atoms with Crippen molar-refractivity contribution in [3.8, 4) is 0 Å². The average Bonchev–Trinajstić information content (AvgIpc) is 2.40. The van der Waals surface area contributed by atoms with Crippen molar-refractivity contribution in [2.75, 3.05) is 39.3 Å². The highest BCUT2D eigenvalue weighted by molar-refractivity contribution is 4.75. The van der Waals surface area contributed by atoms with Crippen molar-refractivity contribution in [2.45, 2.75) is 45.1 Å². The van der Waals surface area contributed by atoms with Gasteiger partial charge in [0.15, 0.2) is 0 Å². The fourth-order valence-corrected chi connectivity index (χ4v) is 3.13. The minimum atomic E-state index is 0.552. The molecule has 0 radical (unpaired) electrons. The Bertz CT molecular complexity index is 204. The van der Waals surface area contributed by atoms with Gasteiger partial charge in [0.2, 0.25) is 0 Å². The van der Waals surface area contributed by atoms with E-state index < -0.39 is 0 Å². The Morgan fingerprint density at radius 1 is 1.18 bits per heavy atom. The third kappa shape index (κ3) is 4.23. The van der Waals surface area contributed by atoms with E-state index in [1.54, 1.807) is 0 Å². The van der Waals surface area contributed by atoms with Crippen LogP contribution < -0.4 is 5.32 Å². The second-order valence-corrected chi connectivity index (χ2v) is 5.45. The molecular weight excluding hydrogens is 212 g/mol. The highest BCUT2D eigenvalue weighted by atomic mass is 16.5. The highest BCUT2D eigenvalue weighted by Gasteiger charge is 2.24. The fourth-order valence-electron chi connectivity index (χ4n) is 3.13. The lowest BCUT2D eigenvalue weighted by Crippen LogP contribution is -2.45. The third-order valence-electron chi connectivity index (χ3n) is 4.31. The lowest BCUT2D eigenvalue weighted by atomic mass is 9.85. The number of hydrogen-bond donors (Lipinski definition) is 1. The van der Waals surface area contributed by atoms with Gasteiger partial charge in [-0.25, -0.2) is 0 Å². The molecule has 0 aromatic carbocycles. The van der Waals surface area contributed by atoms with Crippen LogP contribution in [0.2, 0.25) is 0 Å². The van der Waals surface area contributed by atoms with E-state index in [4.69, 9.17) is 4.74 Å². The molecule has 1 saturated carbocycles. The Morgan fingerprint density at radius 3 is 2.71 bits per heavy atom. The molecule has 1 aliphatic carbocycles. The zero-order chi connectivity index (χ0) is 11.9. The van der Waals surface area contributed by atoms with Gasteiger partial charge in [-0.05, 0) is 18.8 Å². The maximum absolute atomic E-state index is 6.13. The van der Waals surface area contributed by atoms with Crippen LogP contribution in [0.25, 0.3) is 0 Å². The molecule has 100 valence electrons. The molecule has 2 rings (SSSR count). The Kier molecular flexibility index (Phi) is 5.75. The van der Waals surface area contributed by atoms with E-state index in [-0.39, 0.29) is 0 Å². The van der Waals surface area contributed by atoms with Gasteiger partial charge in [-0.2, -0.15) is 0 Å². The normalized spacial score (nSPS) is 31.6. The summed E-state index contributed by atoms with van der Waals surface area (Å²) in [6, 6.07) is 0. The van der Waals surface area contributed by atoms with Gasteiger partial charge in [-0.3, -0.25) is 4.90 Å². The van der Waals surface area contributed by atoms with Gasteiger partial charge in [0.1, 0.15) is 0 Å². The Labute approximate surface area is 106 Å². The topological polar surface area (TPSA) is 24.5 Å². The maximum Gasteiger partial charge on any atom is 0.0603 e. The van der Waals surface area contributed by atoms with Gasteiger partial charge in [0.05, 0.1) is 12.7 Å². The van der Waals surface area contributed by atoms with Crippen LogP contribution in [-0.2, 0) is 4.74 Å². The summed E-state index contributed by atoms with van der Waals surface area (Å²) < 4.78 is 6.13. The number of piperazine rings is 1. The summed E-state index contributed by atoms with van der Waals surface area (Å²) in [4.78, 5) is 2.51. The number of ether oxygens (including phenoxy) is 1. The Balaban J connectivity index is 1.62. The predicted octanol–water partition coefficient (Wildman–Crippen LogP) is 1.88. The Morgan fingerprint density at radius 2 is 1.94 bits per heavy atom. The average molecular weight is 240 g/mol. The largest absolute Gasteiger partial charge is 0.377 e. The van der Waals surface area contributed by atoms with E-state index in [1.165, 1.54) is 45.2 Å². The van der Waals surface area contributed by atoms with E-state index in [9.17, 15) is 0 Å². The van der Waals surface area contributed by atoms with E-state index in [0.29, 0.717) is 6.10 Å². The second kappa shape index (κ2) is 7.34. The number of rotatable bonds is 5. The third-order valence-corrected chi connectivity index (χ3v) is 4.31. The molecule has 0 aromatic rings. The zero-order valence-electron chi connectivity index (χ0n) is 11.3. The molecule has 0 bridgehead atoms.